The Bertz CT molecular complexity index is 1120. The van der Waals surface area contributed by atoms with Crippen LogP contribution in [-0.2, 0) is 0 Å². The van der Waals surface area contributed by atoms with E-state index in [4.69, 9.17) is 11.0 Å². The fourth-order valence-corrected chi connectivity index (χ4v) is 4.23. The number of anilines is 1. The van der Waals surface area contributed by atoms with Gasteiger partial charge in [-0.15, -0.1) is 0 Å². The number of nitrogens with zero attached hydrogens (tertiary/aromatic N) is 3. The number of nitrogens with one attached hydrogen (secondary N) is 1. The number of benzene rings is 1. The molecular weight excluding hydrogens is 362 g/mol. The average Bonchev–Trinajstić information content (AvgIpc) is 3.24. The second-order valence-corrected chi connectivity index (χ2v) is 8.54. The van der Waals surface area contributed by atoms with E-state index >= 15 is 0 Å². The zero-order valence-electron chi connectivity index (χ0n) is 16.9. The fraction of sp³-hybridized carbons (Fsp3) is 0.348. The quantitative estimate of drug-likeness (QED) is 0.701. The molecule has 6 nitrogen and oxygen atoms in total. The Morgan fingerprint density at radius 2 is 2.00 bits per heavy atom. The van der Waals surface area contributed by atoms with Gasteiger partial charge in [0.25, 0.3) is 5.91 Å². The van der Waals surface area contributed by atoms with Crippen molar-refractivity contribution in [2.75, 3.05) is 5.32 Å². The number of fused-ring (bicyclic) bond motifs is 1. The minimum atomic E-state index is -0.493. The lowest BCUT2D eigenvalue weighted by Gasteiger charge is -2.33. The summed E-state index contributed by atoms with van der Waals surface area (Å²) in [5.74, 6) is 0.100. The normalized spacial score (nSPS) is 20.5. The van der Waals surface area contributed by atoms with Gasteiger partial charge in [-0.25, -0.2) is 4.52 Å². The van der Waals surface area contributed by atoms with Gasteiger partial charge in [0.2, 0.25) is 0 Å². The lowest BCUT2D eigenvalue weighted by Crippen LogP contribution is -2.35. The van der Waals surface area contributed by atoms with Gasteiger partial charge in [0.15, 0.2) is 0 Å². The summed E-state index contributed by atoms with van der Waals surface area (Å²) < 4.78 is 1.77. The van der Waals surface area contributed by atoms with E-state index < -0.39 is 5.91 Å². The van der Waals surface area contributed by atoms with Gasteiger partial charge in [0.1, 0.15) is 0 Å². The number of carbonyl (C=O) groups is 1. The third-order valence-electron chi connectivity index (χ3n) is 6.63. The minimum Gasteiger partial charge on any atom is -0.379 e. The molecule has 1 saturated carbocycles. The first-order chi connectivity index (χ1) is 13.8. The van der Waals surface area contributed by atoms with Crippen LogP contribution >= 0.6 is 0 Å². The lowest BCUT2D eigenvalue weighted by atomic mass is 9.80. The molecule has 1 aromatic carbocycles. The van der Waals surface area contributed by atoms with Crippen LogP contribution in [0.15, 0.2) is 42.7 Å². The maximum atomic E-state index is 12.1. The monoisotopic (exact) mass is 387 g/mol. The van der Waals surface area contributed by atoms with E-state index in [1.807, 2.05) is 24.4 Å². The molecule has 1 aliphatic rings. The molecule has 4 rings (SSSR count). The lowest BCUT2D eigenvalue weighted by molar-refractivity contribution is 0.100. The molecule has 0 radical (unpaired) electrons. The van der Waals surface area contributed by atoms with Gasteiger partial charge in [0.05, 0.1) is 34.6 Å². The summed E-state index contributed by atoms with van der Waals surface area (Å²) in [6.07, 6.45) is 5.65. The molecule has 2 heterocycles. The second kappa shape index (κ2) is 6.93. The van der Waals surface area contributed by atoms with Gasteiger partial charge in [-0.1, -0.05) is 32.9 Å². The van der Waals surface area contributed by atoms with Gasteiger partial charge >= 0.3 is 0 Å². The molecule has 0 aliphatic heterocycles. The minimum absolute atomic E-state index is 0.109. The molecule has 148 valence electrons. The van der Waals surface area contributed by atoms with Crippen molar-refractivity contribution < 1.29 is 4.79 Å². The molecule has 3 N–H and O–H groups in total. The first-order valence-corrected chi connectivity index (χ1v) is 9.89. The highest BCUT2D eigenvalue weighted by Crippen LogP contribution is 2.44. The molecule has 2 atom stereocenters. The van der Waals surface area contributed by atoms with Crippen LogP contribution in [0.25, 0.3) is 16.6 Å². The highest BCUT2D eigenvalue weighted by atomic mass is 16.1. The topological polar surface area (TPSA) is 96.2 Å². The predicted octanol–water partition coefficient (Wildman–Crippen LogP) is 4.21. The van der Waals surface area contributed by atoms with Crippen molar-refractivity contribution in [3.05, 3.63) is 53.9 Å². The van der Waals surface area contributed by atoms with E-state index in [9.17, 15) is 4.79 Å². The third kappa shape index (κ3) is 3.23. The maximum Gasteiger partial charge on any atom is 0.252 e. The molecule has 3 aromatic rings. The number of carbonyl (C=O) groups excluding carboxylic acids is 1. The van der Waals surface area contributed by atoms with Crippen LogP contribution in [-0.4, -0.2) is 21.6 Å². The second-order valence-electron chi connectivity index (χ2n) is 8.54. The van der Waals surface area contributed by atoms with Gasteiger partial charge in [0, 0.05) is 17.8 Å². The Morgan fingerprint density at radius 3 is 2.59 bits per heavy atom. The van der Waals surface area contributed by atoms with E-state index in [1.165, 1.54) is 6.20 Å². The van der Waals surface area contributed by atoms with Crippen molar-refractivity contribution >= 4 is 17.1 Å². The Kier molecular flexibility index (Phi) is 4.54. The zero-order chi connectivity index (χ0) is 20.8. The van der Waals surface area contributed by atoms with Crippen LogP contribution in [0.5, 0.6) is 0 Å². The largest absolute Gasteiger partial charge is 0.379 e. The summed E-state index contributed by atoms with van der Waals surface area (Å²) in [5, 5.41) is 17.0. The molecule has 0 spiro atoms. The van der Waals surface area contributed by atoms with Crippen molar-refractivity contribution in [2.45, 2.75) is 39.7 Å². The van der Waals surface area contributed by atoms with Crippen LogP contribution in [0.4, 0.5) is 5.69 Å². The summed E-state index contributed by atoms with van der Waals surface area (Å²) in [7, 11) is 0. The number of amides is 1. The molecule has 29 heavy (non-hydrogen) atoms. The smallest absolute Gasteiger partial charge is 0.252 e. The van der Waals surface area contributed by atoms with E-state index in [-0.39, 0.29) is 11.5 Å². The summed E-state index contributed by atoms with van der Waals surface area (Å²) in [6.45, 7) is 6.81. The summed E-state index contributed by atoms with van der Waals surface area (Å²) >= 11 is 0. The van der Waals surface area contributed by atoms with Crippen LogP contribution in [0.2, 0.25) is 0 Å². The number of aromatic nitrogens is 2. The summed E-state index contributed by atoms with van der Waals surface area (Å²) in [4.78, 5) is 12.1. The molecule has 1 fully saturated rings. The average molecular weight is 387 g/mol. The molecule has 2 unspecified atom stereocenters. The van der Waals surface area contributed by atoms with Crippen molar-refractivity contribution in [1.29, 1.82) is 5.26 Å². The van der Waals surface area contributed by atoms with Crippen LogP contribution in [0.1, 0.15) is 49.5 Å². The van der Waals surface area contributed by atoms with Crippen molar-refractivity contribution in [2.24, 2.45) is 17.1 Å². The standard InChI is InChI=1S/C23H25N5O/c1-14-4-9-20(23(14,2)3)27-21-18(22(25)29)12-26-28-13-17(10-19(21)28)16-7-5-15(11-24)6-8-16/h5-8,10,12-14,20,27H,4,9H2,1-3H3,(H2,25,29). The number of hydrogen-bond acceptors (Lipinski definition) is 4. The van der Waals surface area contributed by atoms with E-state index in [0.29, 0.717) is 17.0 Å². The Hall–Kier alpha value is -3.33. The Labute approximate surface area is 170 Å². The van der Waals surface area contributed by atoms with E-state index in [2.05, 4.69) is 37.3 Å². The number of primary amides is 1. The van der Waals surface area contributed by atoms with Crippen LogP contribution < -0.4 is 11.1 Å². The maximum absolute atomic E-state index is 12.1. The third-order valence-corrected chi connectivity index (χ3v) is 6.63. The van der Waals surface area contributed by atoms with E-state index in [0.717, 1.165) is 35.2 Å². The first kappa shape index (κ1) is 19.0. The number of hydrogen-bond donors (Lipinski definition) is 2. The number of rotatable bonds is 4. The number of nitriles is 1. The molecule has 6 heteroatoms. The van der Waals surface area contributed by atoms with Crippen molar-refractivity contribution in [3.63, 3.8) is 0 Å². The fourth-order valence-electron chi connectivity index (χ4n) is 4.23. The molecular formula is C23H25N5O. The highest BCUT2D eigenvalue weighted by molar-refractivity contribution is 6.02. The first-order valence-electron chi connectivity index (χ1n) is 9.89. The molecule has 1 amide bonds. The zero-order valence-corrected chi connectivity index (χ0v) is 16.9. The van der Waals surface area contributed by atoms with Gasteiger partial charge in [-0.3, -0.25) is 4.79 Å². The van der Waals surface area contributed by atoms with Gasteiger partial charge in [-0.05, 0) is 47.9 Å². The molecule has 1 aliphatic carbocycles. The highest BCUT2D eigenvalue weighted by Gasteiger charge is 2.41. The summed E-state index contributed by atoms with van der Waals surface area (Å²) in [6, 6.07) is 11.8. The van der Waals surface area contributed by atoms with Crippen molar-refractivity contribution in [3.8, 4) is 17.2 Å². The predicted molar refractivity (Wildman–Crippen MR) is 113 cm³/mol. The van der Waals surface area contributed by atoms with Crippen LogP contribution in [0.3, 0.4) is 0 Å². The molecule has 0 bridgehead atoms. The molecule has 2 aromatic heterocycles. The van der Waals surface area contributed by atoms with E-state index in [1.54, 1.807) is 16.6 Å². The SMILES string of the molecule is CC1CCC(Nc2c(C(N)=O)cnn3cc(-c4ccc(C#N)cc4)cc23)C1(C)C. The number of nitrogens with two attached hydrogens (primary N) is 1. The van der Waals surface area contributed by atoms with Gasteiger partial charge in [-0.2, -0.15) is 10.4 Å². The Balaban J connectivity index is 1.80. The van der Waals surface area contributed by atoms with Crippen LogP contribution in [0, 0.1) is 22.7 Å². The van der Waals surface area contributed by atoms with Gasteiger partial charge < -0.3 is 11.1 Å². The molecule has 0 saturated heterocycles. The Morgan fingerprint density at radius 1 is 1.28 bits per heavy atom. The summed E-state index contributed by atoms with van der Waals surface area (Å²) in [5.41, 5.74) is 10.3. The van der Waals surface area contributed by atoms with Crippen molar-refractivity contribution in [1.82, 2.24) is 9.61 Å².